The van der Waals surface area contributed by atoms with Gasteiger partial charge in [0.25, 0.3) is 0 Å². The minimum absolute atomic E-state index is 0.165. The molecule has 0 saturated carbocycles. The Kier molecular flexibility index (Phi) is 7.99. The predicted molar refractivity (Wildman–Crippen MR) is 105 cm³/mol. The molecule has 0 unspecified atom stereocenters. The van der Waals surface area contributed by atoms with Crippen molar-refractivity contribution in [1.82, 2.24) is 10.6 Å². The first-order valence-electron chi connectivity index (χ1n) is 8.79. The molecule has 0 atom stereocenters. The Morgan fingerprint density at radius 2 is 1.66 bits per heavy atom. The molecule has 0 aromatic heterocycles. The fourth-order valence-electron chi connectivity index (χ4n) is 2.55. The third kappa shape index (κ3) is 7.10. The fourth-order valence-corrected chi connectivity index (χ4v) is 2.55. The number of aliphatic imine (C=N–C) groups is 1. The maximum Gasteiger partial charge on any atom is 0.422 e. The Morgan fingerprint density at radius 1 is 0.966 bits per heavy atom. The van der Waals surface area contributed by atoms with Crippen LogP contribution in [0.25, 0.3) is 0 Å². The number of benzene rings is 2. The summed E-state index contributed by atoms with van der Waals surface area (Å²) in [7, 11) is 4.80. The van der Waals surface area contributed by atoms with Crippen molar-refractivity contribution in [3.63, 3.8) is 0 Å². The van der Waals surface area contributed by atoms with Crippen LogP contribution in [0, 0.1) is 0 Å². The number of nitrogens with one attached hydrogen (secondary N) is 2. The second-order valence-electron chi connectivity index (χ2n) is 5.98. The van der Waals surface area contributed by atoms with E-state index in [0.717, 1.165) is 11.1 Å². The summed E-state index contributed by atoms with van der Waals surface area (Å²) in [6.45, 7) is -0.409. The van der Waals surface area contributed by atoms with E-state index in [0.29, 0.717) is 30.5 Å². The first kappa shape index (κ1) is 22.2. The minimum Gasteiger partial charge on any atom is -0.493 e. The van der Waals surface area contributed by atoms with Gasteiger partial charge < -0.3 is 24.8 Å². The molecule has 29 heavy (non-hydrogen) atoms. The molecule has 2 aromatic rings. The molecule has 2 aromatic carbocycles. The Morgan fingerprint density at radius 3 is 2.24 bits per heavy atom. The Bertz CT molecular complexity index is 809. The van der Waals surface area contributed by atoms with Crippen LogP contribution >= 0.6 is 0 Å². The number of para-hydroxylation sites is 1. The predicted octanol–water partition coefficient (Wildman–Crippen LogP) is 3.51. The summed E-state index contributed by atoms with van der Waals surface area (Å²) in [5, 5.41) is 6.33. The summed E-state index contributed by atoms with van der Waals surface area (Å²) in [5.74, 6) is 2.01. The summed E-state index contributed by atoms with van der Waals surface area (Å²) in [5.41, 5.74) is 1.77. The van der Waals surface area contributed by atoms with Crippen molar-refractivity contribution < 1.29 is 27.4 Å². The van der Waals surface area contributed by atoms with Crippen LogP contribution in [-0.4, -0.2) is 40.0 Å². The number of methoxy groups -OCH3 is 2. The lowest BCUT2D eigenvalue weighted by Gasteiger charge is -2.15. The van der Waals surface area contributed by atoms with Crippen molar-refractivity contribution in [2.24, 2.45) is 4.99 Å². The van der Waals surface area contributed by atoms with Crippen LogP contribution in [0.2, 0.25) is 0 Å². The average Bonchev–Trinajstić information content (AvgIpc) is 2.72. The van der Waals surface area contributed by atoms with E-state index in [2.05, 4.69) is 15.6 Å². The van der Waals surface area contributed by atoms with E-state index in [4.69, 9.17) is 14.2 Å². The zero-order valence-electron chi connectivity index (χ0n) is 16.5. The van der Waals surface area contributed by atoms with Crippen LogP contribution < -0.4 is 24.8 Å². The minimum atomic E-state index is -4.36. The molecule has 0 heterocycles. The molecule has 9 heteroatoms. The van der Waals surface area contributed by atoms with E-state index in [1.54, 1.807) is 33.4 Å². The molecule has 0 radical (unpaired) electrons. The van der Waals surface area contributed by atoms with Gasteiger partial charge in [-0.1, -0.05) is 24.3 Å². The van der Waals surface area contributed by atoms with Gasteiger partial charge in [-0.3, -0.25) is 4.99 Å². The standard InChI is InChI=1S/C20H24F3N3O3/c1-24-19(26-12-15-5-4-6-17(27-2)18(15)28-3)25-11-14-7-9-16(10-8-14)29-13-20(21,22)23/h4-10H,11-13H2,1-3H3,(H2,24,25,26). The molecule has 0 aliphatic carbocycles. The van der Waals surface area contributed by atoms with E-state index >= 15 is 0 Å². The monoisotopic (exact) mass is 411 g/mol. The number of hydrogen-bond donors (Lipinski definition) is 2. The van der Waals surface area contributed by atoms with Crippen molar-refractivity contribution in [2.75, 3.05) is 27.9 Å². The molecule has 0 aliphatic rings. The highest BCUT2D eigenvalue weighted by Gasteiger charge is 2.28. The van der Waals surface area contributed by atoms with Gasteiger partial charge in [-0.05, 0) is 23.8 Å². The smallest absolute Gasteiger partial charge is 0.422 e. The van der Waals surface area contributed by atoms with E-state index < -0.39 is 12.8 Å². The van der Waals surface area contributed by atoms with Crippen molar-refractivity contribution in [1.29, 1.82) is 0 Å². The third-order valence-corrected chi connectivity index (χ3v) is 3.94. The molecule has 0 spiro atoms. The molecule has 0 amide bonds. The number of nitrogens with zero attached hydrogens (tertiary/aromatic N) is 1. The summed E-state index contributed by atoms with van der Waals surface area (Å²) in [4.78, 5) is 4.16. The van der Waals surface area contributed by atoms with Crippen molar-refractivity contribution in [3.05, 3.63) is 53.6 Å². The number of alkyl halides is 3. The van der Waals surface area contributed by atoms with Gasteiger partial charge in [0.15, 0.2) is 24.1 Å². The van der Waals surface area contributed by atoms with Crippen LogP contribution in [0.3, 0.4) is 0 Å². The average molecular weight is 411 g/mol. The van der Waals surface area contributed by atoms with Crippen molar-refractivity contribution in [2.45, 2.75) is 19.3 Å². The molecule has 0 fully saturated rings. The molecule has 0 bridgehead atoms. The second kappa shape index (κ2) is 10.4. The quantitative estimate of drug-likeness (QED) is 0.514. The normalized spacial score (nSPS) is 11.7. The Labute approximate surface area is 167 Å². The lowest BCUT2D eigenvalue weighted by atomic mass is 10.2. The summed E-state index contributed by atoms with van der Waals surface area (Å²) in [6.07, 6.45) is -4.36. The number of halogens is 3. The van der Waals surface area contributed by atoms with Gasteiger partial charge in [0.1, 0.15) is 5.75 Å². The SMILES string of the molecule is CN=C(NCc1ccc(OCC(F)(F)F)cc1)NCc1cccc(OC)c1OC. The van der Waals surface area contributed by atoms with Gasteiger partial charge in [0, 0.05) is 25.7 Å². The summed E-state index contributed by atoms with van der Waals surface area (Å²) >= 11 is 0. The summed E-state index contributed by atoms with van der Waals surface area (Å²) in [6, 6.07) is 12.0. The zero-order valence-corrected chi connectivity index (χ0v) is 16.5. The van der Waals surface area contributed by atoms with Gasteiger partial charge in [-0.15, -0.1) is 0 Å². The van der Waals surface area contributed by atoms with Gasteiger partial charge in [-0.2, -0.15) is 13.2 Å². The molecule has 158 valence electrons. The number of hydrogen-bond acceptors (Lipinski definition) is 4. The summed E-state index contributed by atoms with van der Waals surface area (Å²) < 4.78 is 51.9. The lowest BCUT2D eigenvalue weighted by Crippen LogP contribution is -2.36. The highest BCUT2D eigenvalue weighted by atomic mass is 19.4. The molecular weight excluding hydrogens is 387 g/mol. The van der Waals surface area contributed by atoms with Crippen LogP contribution in [0.4, 0.5) is 13.2 Å². The van der Waals surface area contributed by atoms with Gasteiger partial charge in [0.2, 0.25) is 0 Å². The number of rotatable bonds is 8. The first-order valence-corrected chi connectivity index (χ1v) is 8.79. The highest BCUT2D eigenvalue weighted by molar-refractivity contribution is 5.79. The largest absolute Gasteiger partial charge is 0.493 e. The van der Waals surface area contributed by atoms with E-state index in [-0.39, 0.29) is 5.75 Å². The van der Waals surface area contributed by atoms with Crippen LogP contribution in [-0.2, 0) is 13.1 Å². The molecular formula is C20H24F3N3O3. The molecule has 6 nitrogen and oxygen atoms in total. The van der Waals surface area contributed by atoms with Crippen LogP contribution in [0.1, 0.15) is 11.1 Å². The van der Waals surface area contributed by atoms with Crippen LogP contribution in [0.15, 0.2) is 47.5 Å². The van der Waals surface area contributed by atoms with Crippen molar-refractivity contribution in [3.8, 4) is 17.2 Å². The fraction of sp³-hybridized carbons (Fsp3) is 0.350. The number of ether oxygens (including phenoxy) is 3. The zero-order chi connectivity index (χ0) is 21.3. The Balaban J connectivity index is 1.88. The second-order valence-corrected chi connectivity index (χ2v) is 5.98. The Hall–Kier alpha value is -3.10. The maximum absolute atomic E-state index is 12.2. The highest BCUT2D eigenvalue weighted by Crippen LogP contribution is 2.30. The van der Waals surface area contributed by atoms with Crippen molar-refractivity contribution >= 4 is 5.96 Å². The topological polar surface area (TPSA) is 64.1 Å². The van der Waals surface area contributed by atoms with E-state index in [9.17, 15) is 13.2 Å². The van der Waals surface area contributed by atoms with Gasteiger partial charge in [0.05, 0.1) is 14.2 Å². The van der Waals surface area contributed by atoms with Gasteiger partial charge >= 0.3 is 6.18 Å². The third-order valence-electron chi connectivity index (χ3n) is 3.94. The molecule has 0 aliphatic heterocycles. The van der Waals surface area contributed by atoms with E-state index in [1.807, 2.05) is 18.2 Å². The van der Waals surface area contributed by atoms with Crippen LogP contribution in [0.5, 0.6) is 17.2 Å². The first-order chi connectivity index (χ1) is 13.9. The molecule has 0 saturated heterocycles. The maximum atomic E-state index is 12.2. The van der Waals surface area contributed by atoms with Gasteiger partial charge in [-0.25, -0.2) is 0 Å². The van der Waals surface area contributed by atoms with E-state index in [1.165, 1.54) is 12.1 Å². The molecule has 2 N–H and O–H groups in total. The number of guanidine groups is 1. The molecule has 2 rings (SSSR count). The lowest BCUT2D eigenvalue weighted by molar-refractivity contribution is -0.153.